The number of esters is 1. The molecule has 28 heavy (non-hydrogen) atoms. The molecule has 6 heteroatoms. The summed E-state index contributed by atoms with van der Waals surface area (Å²) in [5, 5.41) is 8.11. The Balaban J connectivity index is 2.29. The molecule has 0 saturated carbocycles. The second kappa shape index (κ2) is 10.3. The molecule has 0 radical (unpaired) electrons. The molecule has 2 rings (SSSR count). The van der Waals surface area contributed by atoms with E-state index in [0.29, 0.717) is 5.56 Å². The van der Waals surface area contributed by atoms with Gasteiger partial charge in [-0.3, -0.25) is 0 Å². The number of rotatable bonds is 8. The number of oxime groups is 2. The van der Waals surface area contributed by atoms with Crippen LogP contribution in [0.5, 0.6) is 0 Å². The van der Waals surface area contributed by atoms with E-state index in [1.807, 2.05) is 44.2 Å². The molecule has 2 aromatic rings. The maximum Gasteiger partial charge on any atom is 0.360 e. The Bertz CT molecular complexity index is 888. The number of carbonyl (C=O) groups is 1. The lowest BCUT2D eigenvalue weighted by Crippen LogP contribution is -2.20. The van der Waals surface area contributed by atoms with Crippen LogP contribution in [0.25, 0.3) is 0 Å². The van der Waals surface area contributed by atoms with Gasteiger partial charge in [0, 0.05) is 16.7 Å². The van der Waals surface area contributed by atoms with Gasteiger partial charge in [-0.25, -0.2) is 4.79 Å². The molecule has 0 aliphatic heterocycles. The number of aryl methyl sites for hydroxylation is 2. The summed E-state index contributed by atoms with van der Waals surface area (Å²) in [7, 11) is 2.69. The number of methoxy groups -OCH3 is 1. The highest BCUT2D eigenvalue weighted by atomic mass is 16.6. The van der Waals surface area contributed by atoms with Crippen molar-refractivity contribution in [3.63, 3.8) is 0 Å². The van der Waals surface area contributed by atoms with Crippen LogP contribution in [0.3, 0.4) is 0 Å². The SMILES string of the molecule is CCc1ccccc1/C(C)=N/OCc1c(C)cccc1/C(=N\OC)C(=O)OC. The summed E-state index contributed by atoms with van der Waals surface area (Å²) in [5.74, 6) is -0.578. The number of carbonyl (C=O) groups excluding carboxylic acids is 1. The first-order chi connectivity index (χ1) is 13.5. The zero-order valence-corrected chi connectivity index (χ0v) is 17.0. The van der Waals surface area contributed by atoms with E-state index in [1.165, 1.54) is 19.8 Å². The molecule has 0 heterocycles. The third kappa shape index (κ3) is 4.97. The minimum absolute atomic E-state index is 0.0873. The van der Waals surface area contributed by atoms with Crippen LogP contribution in [-0.4, -0.2) is 31.6 Å². The van der Waals surface area contributed by atoms with E-state index in [2.05, 4.69) is 23.3 Å². The van der Waals surface area contributed by atoms with Crippen molar-refractivity contribution in [3.05, 3.63) is 70.3 Å². The second-order valence-electron chi connectivity index (χ2n) is 6.18. The van der Waals surface area contributed by atoms with E-state index in [9.17, 15) is 4.79 Å². The second-order valence-corrected chi connectivity index (χ2v) is 6.18. The van der Waals surface area contributed by atoms with Gasteiger partial charge in [0.15, 0.2) is 5.71 Å². The van der Waals surface area contributed by atoms with E-state index in [0.717, 1.165) is 28.8 Å². The van der Waals surface area contributed by atoms with Crippen molar-refractivity contribution < 1.29 is 19.2 Å². The topological polar surface area (TPSA) is 69.5 Å². The smallest absolute Gasteiger partial charge is 0.360 e. The average molecular weight is 382 g/mol. The van der Waals surface area contributed by atoms with Crippen molar-refractivity contribution in [1.29, 1.82) is 0 Å². The highest BCUT2D eigenvalue weighted by Crippen LogP contribution is 2.18. The van der Waals surface area contributed by atoms with Crippen molar-refractivity contribution >= 4 is 17.4 Å². The minimum atomic E-state index is -0.578. The number of ether oxygens (including phenoxy) is 1. The van der Waals surface area contributed by atoms with Crippen molar-refractivity contribution in [3.8, 4) is 0 Å². The Hall–Kier alpha value is -3.15. The Labute approximate surface area is 165 Å². The molecule has 0 amide bonds. The van der Waals surface area contributed by atoms with Crippen molar-refractivity contribution in [1.82, 2.24) is 0 Å². The number of hydrogen-bond acceptors (Lipinski definition) is 6. The van der Waals surface area contributed by atoms with E-state index >= 15 is 0 Å². The molecule has 0 atom stereocenters. The molecular formula is C22H26N2O4. The van der Waals surface area contributed by atoms with E-state index in [4.69, 9.17) is 14.4 Å². The molecule has 0 spiro atoms. The lowest BCUT2D eigenvalue weighted by Gasteiger charge is -2.13. The van der Waals surface area contributed by atoms with Gasteiger partial charge in [-0.1, -0.05) is 59.7 Å². The summed E-state index contributed by atoms with van der Waals surface area (Å²) >= 11 is 0. The third-order valence-corrected chi connectivity index (χ3v) is 4.43. The molecule has 0 N–H and O–H groups in total. The summed E-state index contributed by atoms with van der Waals surface area (Å²) < 4.78 is 4.82. The van der Waals surface area contributed by atoms with Gasteiger partial charge in [0.25, 0.3) is 0 Å². The molecule has 0 fully saturated rings. The summed E-state index contributed by atoms with van der Waals surface area (Å²) in [6, 6.07) is 13.7. The van der Waals surface area contributed by atoms with Gasteiger partial charge in [-0.2, -0.15) is 0 Å². The largest absolute Gasteiger partial charge is 0.464 e. The summed E-state index contributed by atoms with van der Waals surface area (Å²) in [4.78, 5) is 22.6. The van der Waals surface area contributed by atoms with E-state index in [1.54, 1.807) is 6.07 Å². The molecule has 0 aromatic heterocycles. The van der Waals surface area contributed by atoms with Gasteiger partial charge in [-0.15, -0.1) is 0 Å². The lowest BCUT2D eigenvalue weighted by molar-refractivity contribution is -0.132. The maximum absolute atomic E-state index is 12.1. The van der Waals surface area contributed by atoms with Crippen LogP contribution in [0.1, 0.15) is 41.7 Å². The summed E-state index contributed by atoms with van der Waals surface area (Å²) in [6.07, 6.45) is 0.918. The molecule has 6 nitrogen and oxygen atoms in total. The Morgan fingerprint density at radius 1 is 1.00 bits per heavy atom. The number of hydrogen-bond donors (Lipinski definition) is 0. The van der Waals surface area contributed by atoms with Gasteiger partial charge in [0.2, 0.25) is 0 Å². The Morgan fingerprint density at radius 2 is 1.71 bits per heavy atom. The van der Waals surface area contributed by atoms with Crippen LogP contribution in [0, 0.1) is 6.92 Å². The van der Waals surface area contributed by atoms with Crippen LogP contribution >= 0.6 is 0 Å². The molecular weight excluding hydrogens is 356 g/mol. The molecule has 0 aliphatic carbocycles. The predicted molar refractivity (Wildman–Crippen MR) is 110 cm³/mol. The fourth-order valence-corrected chi connectivity index (χ4v) is 2.92. The number of benzene rings is 2. The third-order valence-electron chi connectivity index (χ3n) is 4.43. The van der Waals surface area contributed by atoms with E-state index < -0.39 is 5.97 Å². The van der Waals surface area contributed by atoms with Crippen molar-refractivity contribution in [2.75, 3.05) is 14.2 Å². The lowest BCUT2D eigenvalue weighted by atomic mass is 9.99. The van der Waals surface area contributed by atoms with Gasteiger partial charge >= 0.3 is 5.97 Å². The van der Waals surface area contributed by atoms with Gasteiger partial charge in [0.05, 0.1) is 12.8 Å². The molecule has 0 unspecified atom stereocenters. The standard InChI is InChI=1S/C22H26N2O4/c1-6-17-11-7-8-12-18(17)16(3)23-28-14-20-15(2)10-9-13-19(20)21(24-27-5)22(25)26-4/h7-13H,6,14H2,1-5H3/b23-16+,24-21+. The van der Waals surface area contributed by atoms with Crippen LogP contribution in [0.4, 0.5) is 0 Å². The highest BCUT2D eigenvalue weighted by molar-refractivity contribution is 6.43. The quantitative estimate of drug-likeness (QED) is 0.393. The average Bonchev–Trinajstić information content (AvgIpc) is 2.72. The first-order valence-electron chi connectivity index (χ1n) is 9.06. The molecule has 0 bridgehead atoms. The van der Waals surface area contributed by atoms with Gasteiger partial charge < -0.3 is 14.4 Å². The zero-order valence-electron chi connectivity index (χ0n) is 17.0. The predicted octanol–water partition coefficient (Wildman–Crippen LogP) is 4.02. The molecule has 2 aromatic carbocycles. The minimum Gasteiger partial charge on any atom is -0.464 e. The monoisotopic (exact) mass is 382 g/mol. The molecule has 148 valence electrons. The first-order valence-corrected chi connectivity index (χ1v) is 9.06. The van der Waals surface area contributed by atoms with Gasteiger partial charge in [0.1, 0.15) is 13.7 Å². The van der Waals surface area contributed by atoms with Crippen LogP contribution in [0.2, 0.25) is 0 Å². The van der Waals surface area contributed by atoms with Crippen LogP contribution < -0.4 is 0 Å². The van der Waals surface area contributed by atoms with Crippen molar-refractivity contribution in [2.45, 2.75) is 33.8 Å². The van der Waals surface area contributed by atoms with Crippen LogP contribution in [0.15, 0.2) is 52.8 Å². The Morgan fingerprint density at radius 3 is 2.39 bits per heavy atom. The van der Waals surface area contributed by atoms with Gasteiger partial charge in [-0.05, 0) is 31.4 Å². The molecule has 0 aliphatic rings. The first kappa shape index (κ1) is 21.2. The maximum atomic E-state index is 12.1. The summed E-state index contributed by atoms with van der Waals surface area (Å²) in [6.45, 7) is 6.15. The molecule has 0 saturated heterocycles. The highest BCUT2D eigenvalue weighted by Gasteiger charge is 2.20. The van der Waals surface area contributed by atoms with E-state index in [-0.39, 0.29) is 12.3 Å². The Kier molecular flexibility index (Phi) is 7.75. The summed E-state index contributed by atoms with van der Waals surface area (Å²) in [5.41, 5.74) is 5.50. The fraction of sp³-hybridized carbons (Fsp3) is 0.318. The normalized spacial score (nSPS) is 11.9. The zero-order chi connectivity index (χ0) is 20.5. The van der Waals surface area contributed by atoms with Crippen LogP contribution in [-0.2, 0) is 32.2 Å². The fourth-order valence-electron chi connectivity index (χ4n) is 2.92. The van der Waals surface area contributed by atoms with Crippen molar-refractivity contribution in [2.24, 2.45) is 10.3 Å². The number of nitrogens with zero attached hydrogens (tertiary/aromatic N) is 2.